The van der Waals surface area contributed by atoms with E-state index < -0.39 is 0 Å². The molecule has 0 saturated carbocycles. The lowest BCUT2D eigenvalue weighted by molar-refractivity contribution is -0.0190. The van der Waals surface area contributed by atoms with E-state index in [1.54, 1.807) is 6.08 Å². The van der Waals surface area contributed by atoms with E-state index in [1.807, 2.05) is 54.6 Å². The molecule has 0 aromatic heterocycles. The number of hydrogen-bond acceptors (Lipinski definition) is 4. The van der Waals surface area contributed by atoms with Gasteiger partial charge in [-0.15, -0.1) is 0 Å². The Bertz CT molecular complexity index is 1090. The predicted molar refractivity (Wildman–Crippen MR) is 119 cm³/mol. The summed E-state index contributed by atoms with van der Waals surface area (Å²) < 4.78 is 12.0. The Balaban J connectivity index is 1.49. The van der Waals surface area contributed by atoms with Gasteiger partial charge in [0.05, 0.1) is 11.8 Å². The van der Waals surface area contributed by atoms with Crippen molar-refractivity contribution in [2.75, 3.05) is 6.61 Å². The van der Waals surface area contributed by atoms with E-state index in [4.69, 9.17) is 26.2 Å². The number of fused-ring (bicyclic) bond motifs is 3. The van der Waals surface area contributed by atoms with Crippen molar-refractivity contribution in [3.05, 3.63) is 107 Å². The molecule has 0 aliphatic carbocycles. The first-order chi connectivity index (χ1) is 14.7. The zero-order valence-electron chi connectivity index (χ0n) is 16.4. The van der Waals surface area contributed by atoms with E-state index in [9.17, 15) is 0 Å². The van der Waals surface area contributed by atoms with Gasteiger partial charge in [0.1, 0.15) is 18.1 Å². The van der Waals surface area contributed by atoms with Crippen LogP contribution in [0, 0.1) is 0 Å². The molecule has 5 rings (SSSR count). The monoisotopic (exact) mass is 416 g/mol. The molecule has 0 spiro atoms. The number of ether oxygens (including phenoxy) is 2. The fourth-order valence-electron chi connectivity index (χ4n) is 3.95. The summed E-state index contributed by atoms with van der Waals surface area (Å²) in [7, 11) is 0. The first-order valence-electron chi connectivity index (χ1n) is 9.94. The van der Waals surface area contributed by atoms with Crippen LogP contribution < -0.4 is 9.47 Å². The zero-order chi connectivity index (χ0) is 20.5. The second-order valence-electron chi connectivity index (χ2n) is 7.33. The van der Waals surface area contributed by atoms with Gasteiger partial charge in [0, 0.05) is 22.6 Å². The minimum Gasteiger partial charge on any atom is -0.490 e. The van der Waals surface area contributed by atoms with Crippen LogP contribution in [0.5, 0.6) is 11.5 Å². The summed E-state index contributed by atoms with van der Waals surface area (Å²) in [6.07, 6.45) is 2.26. The third-order valence-electron chi connectivity index (χ3n) is 5.41. The number of rotatable bonds is 5. The Labute approximate surface area is 181 Å². The Morgan fingerprint density at radius 2 is 1.83 bits per heavy atom. The molecular weight excluding hydrogens is 396 g/mol. The van der Waals surface area contributed by atoms with Crippen molar-refractivity contribution in [3.8, 4) is 11.5 Å². The van der Waals surface area contributed by atoms with Gasteiger partial charge in [0.25, 0.3) is 0 Å². The lowest BCUT2D eigenvalue weighted by Gasteiger charge is -2.38. The molecule has 2 aliphatic rings. The summed E-state index contributed by atoms with van der Waals surface area (Å²) in [5, 5.41) is 7.76. The van der Waals surface area contributed by atoms with Crippen molar-refractivity contribution in [1.29, 1.82) is 0 Å². The highest BCUT2D eigenvalue weighted by Crippen LogP contribution is 2.47. The quantitative estimate of drug-likeness (QED) is 0.468. The lowest BCUT2D eigenvalue weighted by atomic mass is 9.96. The number of nitrogens with zero attached hydrogens (tertiary/aromatic N) is 2. The fraction of sp³-hybridized carbons (Fsp3) is 0.160. The van der Waals surface area contributed by atoms with Crippen molar-refractivity contribution in [2.45, 2.75) is 18.7 Å². The first-order valence-corrected chi connectivity index (χ1v) is 10.3. The van der Waals surface area contributed by atoms with Crippen LogP contribution in [0.1, 0.15) is 35.4 Å². The lowest BCUT2D eigenvalue weighted by Crippen LogP contribution is -2.33. The molecule has 0 fully saturated rings. The summed E-state index contributed by atoms with van der Waals surface area (Å²) in [4.78, 5) is 0. The molecule has 30 heavy (non-hydrogen) atoms. The Morgan fingerprint density at radius 3 is 2.60 bits per heavy atom. The highest BCUT2D eigenvalue weighted by atomic mass is 35.5. The standard InChI is InChI=1S/C25H21ClN2O2/c1-2-15-29-20-13-9-17(10-14-20)22-16-23-21-5-3-4-6-24(21)30-25(28(23)27-22)18-7-11-19(26)12-8-18/h2-14,23,25H,1,15-16H2/t23-,25+/m1/s1. The van der Waals surface area contributed by atoms with Gasteiger partial charge in [-0.1, -0.05) is 54.6 Å². The molecule has 5 heteroatoms. The Hall–Kier alpha value is -3.24. The number of halogens is 1. The summed E-state index contributed by atoms with van der Waals surface area (Å²) in [5.41, 5.74) is 4.31. The van der Waals surface area contributed by atoms with Gasteiger partial charge in [0.15, 0.2) is 0 Å². The molecule has 150 valence electrons. The van der Waals surface area contributed by atoms with Crippen LogP contribution in [0.2, 0.25) is 5.02 Å². The number of hydrazone groups is 1. The van der Waals surface area contributed by atoms with E-state index in [2.05, 4.69) is 29.8 Å². The molecule has 0 bridgehead atoms. The second-order valence-corrected chi connectivity index (χ2v) is 7.77. The molecule has 2 atom stereocenters. The van der Waals surface area contributed by atoms with Gasteiger partial charge >= 0.3 is 0 Å². The number of hydrogen-bond donors (Lipinski definition) is 0. The van der Waals surface area contributed by atoms with Crippen molar-refractivity contribution in [3.63, 3.8) is 0 Å². The molecular formula is C25H21ClN2O2. The zero-order valence-corrected chi connectivity index (χ0v) is 17.1. The molecule has 0 saturated heterocycles. The average molecular weight is 417 g/mol. The maximum atomic E-state index is 6.37. The van der Waals surface area contributed by atoms with Crippen molar-refractivity contribution < 1.29 is 9.47 Å². The molecule has 0 amide bonds. The van der Waals surface area contributed by atoms with Crippen LogP contribution in [0.25, 0.3) is 0 Å². The van der Waals surface area contributed by atoms with Crippen molar-refractivity contribution in [2.24, 2.45) is 5.10 Å². The predicted octanol–water partition coefficient (Wildman–Crippen LogP) is 6.15. The normalized spacial score (nSPS) is 19.4. The summed E-state index contributed by atoms with van der Waals surface area (Å²) in [6, 6.07) is 24.2. The van der Waals surface area contributed by atoms with Crippen molar-refractivity contribution >= 4 is 17.3 Å². The SMILES string of the molecule is C=CCOc1ccc(C2=NN3[C@H](C2)c2ccccc2O[C@H]3c2ccc(Cl)cc2)cc1. The highest BCUT2D eigenvalue weighted by molar-refractivity contribution is 6.30. The molecule has 0 unspecified atom stereocenters. The average Bonchev–Trinajstić information content (AvgIpc) is 3.24. The smallest absolute Gasteiger partial charge is 0.213 e. The molecule has 0 radical (unpaired) electrons. The molecule has 2 aliphatic heterocycles. The maximum absolute atomic E-state index is 6.37. The van der Waals surface area contributed by atoms with Crippen LogP contribution in [0.15, 0.2) is 90.6 Å². The van der Waals surface area contributed by atoms with Crippen LogP contribution in [-0.2, 0) is 0 Å². The largest absolute Gasteiger partial charge is 0.490 e. The summed E-state index contributed by atoms with van der Waals surface area (Å²) in [5.74, 6) is 1.73. The second kappa shape index (κ2) is 7.88. The van der Waals surface area contributed by atoms with Crippen LogP contribution in [0.3, 0.4) is 0 Å². The van der Waals surface area contributed by atoms with Crippen LogP contribution in [-0.4, -0.2) is 17.3 Å². The Kier molecular flexibility index (Phi) is 4.93. The van der Waals surface area contributed by atoms with E-state index in [0.717, 1.165) is 40.3 Å². The van der Waals surface area contributed by atoms with Gasteiger partial charge in [-0.05, 0) is 48.0 Å². The maximum Gasteiger partial charge on any atom is 0.213 e. The van der Waals surface area contributed by atoms with E-state index in [0.29, 0.717) is 11.6 Å². The number of benzene rings is 3. The third kappa shape index (κ3) is 3.44. The van der Waals surface area contributed by atoms with E-state index in [1.165, 1.54) is 0 Å². The molecule has 4 nitrogen and oxygen atoms in total. The first kappa shape index (κ1) is 18.8. The van der Waals surface area contributed by atoms with E-state index in [-0.39, 0.29) is 12.3 Å². The summed E-state index contributed by atoms with van der Waals surface area (Å²) in [6.45, 7) is 4.18. The van der Waals surface area contributed by atoms with Crippen molar-refractivity contribution in [1.82, 2.24) is 5.01 Å². The number of para-hydroxylation sites is 1. The molecule has 2 heterocycles. The molecule has 3 aromatic rings. The third-order valence-corrected chi connectivity index (χ3v) is 5.66. The van der Waals surface area contributed by atoms with Crippen LogP contribution in [0.4, 0.5) is 0 Å². The van der Waals surface area contributed by atoms with Gasteiger partial charge in [0.2, 0.25) is 6.23 Å². The summed E-state index contributed by atoms with van der Waals surface area (Å²) >= 11 is 6.09. The topological polar surface area (TPSA) is 34.1 Å². The van der Waals surface area contributed by atoms with E-state index >= 15 is 0 Å². The van der Waals surface area contributed by atoms with Gasteiger partial charge in [-0.3, -0.25) is 0 Å². The van der Waals surface area contributed by atoms with Crippen LogP contribution >= 0.6 is 11.6 Å². The molecule has 3 aromatic carbocycles. The fourth-order valence-corrected chi connectivity index (χ4v) is 4.08. The highest BCUT2D eigenvalue weighted by Gasteiger charge is 2.40. The minimum atomic E-state index is -0.296. The van der Waals surface area contributed by atoms with Gasteiger partial charge in [-0.25, -0.2) is 5.01 Å². The van der Waals surface area contributed by atoms with Gasteiger partial charge in [-0.2, -0.15) is 5.10 Å². The Morgan fingerprint density at radius 1 is 1.07 bits per heavy atom. The van der Waals surface area contributed by atoms with Gasteiger partial charge < -0.3 is 9.47 Å². The molecule has 0 N–H and O–H groups in total. The minimum absolute atomic E-state index is 0.127.